The second kappa shape index (κ2) is 10.3. The first-order chi connectivity index (χ1) is 16.0. The molecule has 8 nitrogen and oxygen atoms in total. The van der Waals surface area contributed by atoms with Crippen molar-refractivity contribution in [2.45, 2.75) is 19.3 Å². The van der Waals surface area contributed by atoms with Gasteiger partial charge in [0.15, 0.2) is 6.61 Å². The van der Waals surface area contributed by atoms with Crippen LogP contribution in [0.1, 0.15) is 40.0 Å². The summed E-state index contributed by atoms with van der Waals surface area (Å²) in [5.41, 5.74) is 0.838. The summed E-state index contributed by atoms with van der Waals surface area (Å²) in [4.78, 5) is 54.8. The van der Waals surface area contributed by atoms with Crippen LogP contribution in [-0.2, 0) is 9.59 Å². The number of ether oxygens (including phenoxy) is 1. The standard InChI is InChI=1S/C25H27N3O5/c29-22(12-6-15-28-24(31)20-10-4-5-11-21(20)25(28)32)26-13-7-14-27(17-16-26)23(30)18-33-19-8-2-1-3-9-19/h1-5,8-11H,6-7,12-18H2. The van der Waals surface area contributed by atoms with Crippen molar-refractivity contribution < 1.29 is 23.9 Å². The minimum atomic E-state index is -0.301. The topological polar surface area (TPSA) is 87.2 Å². The number of hydrogen-bond donors (Lipinski definition) is 0. The van der Waals surface area contributed by atoms with Gasteiger partial charge < -0.3 is 14.5 Å². The van der Waals surface area contributed by atoms with E-state index in [0.29, 0.717) is 55.9 Å². The van der Waals surface area contributed by atoms with Gasteiger partial charge in [-0.2, -0.15) is 0 Å². The third kappa shape index (κ3) is 5.22. The number of hydrogen-bond acceptors (Lipinski definition) is 5. The van der Waals surface area contributed by atoms with Gasteiger partial charge in [-0.15, -0.1) is 0 Å². The van der Waals surface area contributed by atoms with Gasteiger partial charge in [0.1, 0.15) is 5.75 Å². The first kappa shape index (κ1) is 22.5. The summed E-state index contributed by atoms with van der Waals surface area (Å²) in [5, 5.41) is 0. The second-order valence-electron chi connectivity index (χ2n) is 8.13. The van der Waals surface area contributed by atoms with Gasteiger partial charge in [0, 0.05) is 39.1 Å². The van der Waals surface area contributed by atoms with Crippen LogP contribution in [0.25, 0.3) is 0 Å². The van der Waals surface area contributed by atoms with Gasteiger partial charge in [0.25, 0.3) is 17.7 Å². The van der Waals surface area contributed by atoms with Crippen molar-refractivity contribution in [3.63, 3.8) is 0 Å². The van der Waals surface area contributed by atoms with Gasteiger partial charge in [0.2, 0.25) is 5.91 Å². The van der Waals surface area contributed by atoms with E-state index in [2.05, 4.69) is 0 Å². The molecule has 8 heteroatoms. The average molecular weight is 450 g/mol. The maximum absolute atomic E-state index is 12.7. The molecule has 172 valence electrons. The summed E-state index contributed by atoms with van der Waals surface area (Å²) in [6.45, 7) is 2.26. The van der Waals surface area contributed by atoms with Crippen molar-refractivity contribution in [1.29, 1.82) is 0 Å². The first-order valence-electron chi connectivity index (χ1n) is 11.2. The number of rotatable bonds is 7. The number of carbonyl (C=O) groups excluding carboxylic acids is 4. The maximum Gasteiger partial charge on any atom is 0.261 e. The summed E-state index contributed by atoms with van der Waals surface area (Å²) in [7, 11) is 0. The molecule has 0 bridgehead atoms. The lowest BCUT2D eigenvalue weighted by Gasteiger charge is -2.22. The molecule has 4 amide bonds. The highest BCUT2D eigenvalue weighted by molar-refractivity contribution is 6.21. The predicted octanol–water partition coefficient (Wildman–Crippen LogP) is 2.20. The Kier molecular flexibility index (Phi) is 7.02. The quantitative estimate of drug-likeness (QED) is 0.605. The van der Waals surface area contributed by atoms with E-state index in [1.165, 1.54) is 4.90 Å². The largest absolute Gasteiger partial charge is 0.484 e. The molecule has 0 unspecified atom stereocenters. The predicted molar refractivity (Wildman–Crippen MR) is 121 cm³/mol. The number of imide groups is 1. The van der Waals surface area contributed by atoms with E-state index in [4.69, 9.17) is 4.74 Å². The van der Waals surface area contributed by atoms with E-state index in [9.17, 15) is 19.2 Å². The summed E-state index contributed by atoms with van der Waals surface area (Å²) in [6.07, 6.45) is 1.36. The molecular weight excluding hydrogens is 422 g/mol. The molecule has 0 atom stereocenters. The van der Waals surface area contributed by atoms with Crippen LogP contribution in [-0.4, -0.2) is 77.7 Å². The maximum atomic E-state index is 12.7. The highest BCUT2D eigenvalue weighted by Crippen LogP contribution is 2.22. The van der Waals surface area contributed by atoms with Crippen LogP contribution in [0.15, 0.2) is 54.6 Å². The molecule has 0 radical (unpaired) electrons. The van der Waals surface area contributed by atoms with Crippen molar-refractivity contribution in [2.24, 2.45) is 0 Å². The molecule has 33 heavy (non-hydrogen) atoms. The zero-order chi connectivity index (χ0) is 23.2. The molecule has 1 fully saturated rings. The molecule has 0 spiro atoms. The van der Waals surface area contributed by atoms with Crippen LogP contribution in [0.5, 0.6) is 5.75 Å². The Balaban J connectivity index is 1.21. The zero-order valence-corrected chi connectivity index (χ0v) is 18.4. The van der Waals surface area contributed by atoms with Crippen molar-refractivity contribution >= 4 is 23.6 Å². The van der Waals surface area contributed by atoms with E-state index in [-0.39, 0.29) is 43.2 Å². The zero-order valence-electron chi connectivity index (χ0n) is 18.4. The molecule has 2 aliphatic heterocycles. The highest BCUT2D eigenvalue weighted by atomic mass is 16.5. The average Bonchev–Trinajstić information content (AvgIpc) is 3.01. The van der Waals surface area contributed by atoms with Gasteiger partial charge >= 0.3 is 0 Å². The Morgan fingerprint density at radius 1 is 0.758 bits per heavy atom. The Bertz CT molecular complexity index is 1000. The highest BCUT2D eigenvalue weighted by Gasteiger charge is 2.34. The lowest BCUT2D eigenvalue weighted by atomic mass is 10.1. The van der Waals surface area contributed by atoms with Gasteiger partial charge in [-0.05, 0) is 37.1 Å². The second-order valence-corrected chi connectivity index (χ2v) is 8.13. The molecule has 0 N–H and O–H groups in total. The van der Waals surface area contributed by atoms with Crippen molar-refractivity contribution in [3.8, 4) is 5.75 Å². The summed E-state index contributed by atoms with van der Waals surface area (Å²) in [5.74, 6) is -0.0786. The lowest BCUT2D eigenvalue weighted by Crippen LogP contribution is -2.39. The van der Waals surface area contributed by atoms with Gasteiger partial charge in [-0.1, -0.05) is 30.3 Å². The number of fused-ring (bicyclic) bond motifs is 1. The Morgan fingerprint density at radius 2 is 1.33 bits per heavy atom. The molecule has 4 rings (SSSR count). The molecule has 0 aliphatic carbocycles. The van der Waals surface area contributed by atoms with Gasteiger partial charge in [-0.3, -0.25) is 24.1 Å². The smallest absolute Gasteiger partial charge is 0.261 e. The van der Waals surface area contributed by atoms with Crippen LogP contribution >= 0.6 is 0 Å². The SMILES string of the molecule is O=C(CCCN1C(=O)c2ccccc2C1=O)N1CCCN(C(=O)COc2ccccc2)CC1. The van der Waals surface area contributed by atoms with Crippen LogP contribution in [0.2, 0.25) is 0 Å². The van der Waals surface area contributed by atoms with Gasteiger partial charge in [-0.25, -0.2) is 0 Å². The number of benzene rings is 2. The van der Waals surface area contributed by atoms with E-state index >= 15 is 0 Å². The Hall–Kier alpha value is -3.68. The van der Waals surface area contributed by atoms with E-state index < -0.39 is 0 Å². The number of carbonyl (C=O) groups is 4. The summed E-state index contributed by atoms with van der Waals surface area (Å²) in [6, 6.07) is 16.0. The molecule has 2 aromatic carbocycles. The summed E-state index contributed by atoms with van der Waals surface area (Å²) < 4.78 is 5.55. The molecule has 2 aromatic rings. The molecule has 2 heterocycles. The number of para-hydroxylation sites is 1. The van der Waals surface area contributed by atoms with E-state index in [1.807, 2.05) is 18.2 Å². The van der Waals surface area contributed by atoms with Crippen LogP contribution in [0.3, 0.4) is 0 Å². The fourth-order valence-electron chi connectivity index (χ4n) is 4.16. The molecular formula is C25H27N3O5. The minimum absolute atomic E-state index is 0.0264. The van der Waals surface area contributed by atoms with Crippen LogP contribution in [0, 0.1) is 0 Å². The lowest BCUT2D eigenvalue weighted by molar-refractivity contribution is -0.134. The molecule has 1 saturated heterocycles. The fraction of sp³-hybridized carbons (Fsp3) is 0.360. The molecule has 2 aliphatic rings. The van der Waals surface area contributed by atoms with E-state index in [1.54, 1.807) is 46.2 Å². The van der Waals surface area contributed by atoms with Crippen LogP contribution in [0.4, 0.5) is 0 Å². The van der Waals surface area contributed by atoms with Crippen molar-refractivity contribution in [2.75, 3.05) is 39.3 Å². The van der Waals surface area contributed by atoms with Crippen molar-refractivity contribution in [3.05, 3.63) is 65.7 Å². The normalized spacial score (nSPS) is 15.9. The summed E-state index contributed by atoms with van der Waals surface area (Å²) >= 11 is 0. The monoisotopic (exact) mass is 449 g/mol. The number of nitrogens with zero attached hydrogens (tertiary/aromatic N) is 3. The minimum Gasteiger partial charge on any atom is -0.484 e. The Labute approximate surface area is 192 Å². The molecule has 0 saturated carbocycles. The fourth-order valence-corrected chi connectivity index (χ4v) is 4.16. The number of amides is 4. The third-order valence-electron chi connectivity index (χ3n) is 5.96. The van der Waals surface area contributed by atoms with Crippen molar-refractivity contribution in [1.82, 2.24) is 14.7 Å². The third-order valence-corrected chi connectivity index (χ3v) is 5.96. The first-order valence-corrected chi connectivity index (χ1v) is 11.2. The van der Waals surface area contributed by atoms with Gasteiger partial charge in [0.05, 0.1) is 11.1 Å². The van der Waals surface area contributed by atoms with Crippen LogP contribution < -0.4 is 4.74 Å². The van der Waals surface area contributed by atoms with E-state index in [0.717, 1.165) is 0 Å². The Morgan fingerprint density at radius 3 is 1.97 bits per heavy atom. The molecule has 0 aromatic heterocycles.